The molecule has 0 amide bonds. The standard InChI is InChI=1S/C30H42O2/c1-15(31)8-9-18-24(26(18,3)4)23-16(2)20-12-17(23)14-29(20)22(32)13-21-28(7)11-10-19-25(27(19,5)6)30(21,28)29/h17-21,24-25H,8-14H2,1-7H3. The molecule has 0 aromatic rings. The molecule has 6 fully saturated rings. The van der Waals surface area contributed by atoms with Gasteiger partial charge in [-0.05, 0) is 109 Å². The Labute approximate surface area is 194 Å². The minimum atomic E-state index is -0.0321. The van der Waals surface area contributed by atoms with Crippen LogP contribution >= 0.6 is 0 Å². The molecule has 10 unspecified atom stereocenters. The number of carbonyl (C=O) groups is 2. The van der Waals surface area contributed by atoms with Gasteiger partial charge in [-0.2, -0.15) is 0 Å². The number of Topliss-reactive ketones (excluding diaryl/α,β-unsaturated/α-hetero) is 2. The maximum absolute atomic E-state index is 13.9. The van der Waals surface area contributed by atoms with E-state index < -0.39 is 0 Å². The lowest BCUT2D eigenvalue weighted by molar-refractivity contribution is -0.136. The van der Waals surface area contributed by atoms with Gasteiger partial charge in [-0.15, -0.1) is 0 Å². The van der Waals surface area contributed by atoms with Gasteiger partial charge in [0.05, 0.1) is 0 Å². The van der Waals surface area contributed by atoms with Crippen LogP contribution in [0.15, 0.2) is 11.1 Å². The van der Waals surface area contributed by atoms with E-state index >= 15 is 0 Å². The molecular formula is C30H42O2. The lowest BCUT2D eigenvalue weighted by Gasteiger charge is -2.47. The van der Waals surface area contributed by atoms with Crippen LogP contribution in [0.5, 0.6) is 0 Å². The van der Waals surface area contributed by atoms with E-state index in [1.165, 1.54) is 25.7 Å². The Bertz CT molecular complexity index is 1010. The van der Waals surface area contributed by atoms with Gasteiger partial charge in [-0.25, -0.2) is 0 Å². The van der Waals surface area contributed by atoms with Crippen LogP contribution in [0.1, 0.15) is 93.4 Å². The Hall–Kier alpha value is -0.920. The molecule has 2 nitrogen and oxygen atoms in total. The molecule has 2 spiro atoms. The maximum atomic E-state index is 13.9. The van der Waals surface area contributed by atoms with Crippen molar-refractivity contribution in [3.63, 3.8) is 0 Å². The fourth-order valence-corrected chi connectivity index (χ4v) is 12.4. The van der Waals surface area contributed by atoms with Crippen LogP contribution in [-0.4, -0.2) is 11.6 Å². The average Bonchev–Trinajstić information content (AvgIpc) is 3.41. The van der Waals surface area contributed by atoms with E-state index in [0.29, 0.717) is 62.8 Å². The molecule has 7 aliphatic rings. The van der Waals surface area contributed by atoms with E-state index in [-0.39, 0.29) is 5.41 Å². The van der Waals surface area contributed by atoms with Gasteiger partial charge in [0.1, 0.15) is 11.6 Å². The molecule has 10 atom stereocenters. The van der Waals surface area contributed by atoms with Crippen LogP contribution in [-0.2, 0) is 9.59 Å². The topological polar surface area (TPSA) is 34.1 Å². The summed E-state index contributed by atoms with van der Waals surface area (Å²) in [7, 11) is 0. The van der Waals surface area contributed by atoms with Gasteiger partial charge in [0.15, 0.2) is 0 Å². The molecule has 7 aliphatic carbocycles. The molecule has 32 heavy (non-hydrogen) atoms. The third-order valence-electron chi connectivity index (χ3n) is 13.6. The number of rotatable bonds is 4. The molecule has 7 rings (SSSR count). The number of hydrogen-bond donors (Lipinski definition) is 0. The maximum Gasteiger partial charge on any atom is 0.140 e. The zero-order chi connectivity index (χ0) is 22.8. The molecule has 0 heterocycles. The lowest BCUT2D eigenvalue weighted by Crippen LogP contribution is -2.48. The van der Waals surface area contributed by atoms with Crippen molar-refractivity contribution < 1.29 is 9.59 Å². The number of ketones is 2. The highest BCUT2D eigenvalue weighted by molar-refractivity contribution is 5.93. The molecule has 0 N–H and O–H groups in total. The van der Waals surface area contributed by atoms with Crippen molar-refractivity contribution in [2.75, 3.05) is 0 Å². The summed E-state index contributed by atoms with van der Waals surface area (Å²) >= 11 is 0. The van der Waals surface area contributed by atoms with Crippen LogP contribution in [0.4, 0.5) is 0 Å². The molecule has 0 aliphatic heterocycles. The average molecular weight is 435 g/mol. The van der Waals surface area contributed by atoms with Gasteiger partial charge in [-0.1, -0.05) is 45.8 Å². The third kappa shape index (κ3) is 1.79. The van der Waals surface area contributed by atoms with E-state index in [0.717, 1.165) is 31.1 Å². The number of fused-ring (bicyclic) bond motifs is 5. The van der Waals surface area contributed by atoms with Gasteiger partial charge in [0.2, 0.25) is 0 Å². The highest BCUT2D eigenvalue weighted by atomic mass is 16.1. The van der Waals surface area contributed by atoms with E-state index in [9.17, 15) is 9.59 Å². The quantitative estimate of drug-likeness (QED) is 0.465. The zero-order valence-electron chi connectivity index (χ0n) is 21.3. The Morgan fingerprint density at radius 2 is 1.81 bits per heavy atom. The fraction of sp³-hybridized carbons (Fsp3) is 0.867. The summed E-state index contributed by atoms with van der Waals surface area (Å²) in [5.74, 6) is 5.79. The van der Waals surface area contributed by atoms with Crippen molar-refractivity contribution in [1.29, 1.82) is 0 Å². The van der Waals surface area contributed by atoms with Crippen LogP contribution in [0.25, 0.3) is 0 Å². The Morgan fingerprint density at radius 1 is 1.09 bits per heavy atom. The molecule has 2 heteroatoms. The largest absolute Gasteiger partial charge is 0.300 e. The summed E-state index contributed by atoms with van der Waals surface area (Å²) in [4.78, 5) is 25.6. The lowest BCUT2D eigenvalue weighted by atomic mass is 9.54. The Morgan fingerprint density at radius 3 is 2.47 bits per heavy atom. The second-order valence-electron chi connectivity index (χ2n) is 14.9. The summed E-state index contributed by atoms with van der Waals surface area (Å²) in [5, 5.41) is 0. The van der Waals surface area contributed by atoms with Gasteiger partial charge in [0, 0.05) is 18.3 Å². The first kappa shape index (κ1) is 20.5. The van der Waals surface area contributed by atoms with Gasteiger partial charge < -0.3 is 4.79 Å². The molecule has 0 aromatic carbocycles. The van der Waals surface area contributed by atoms with Crippen molar-refractivity contribution in [2.45, 2.75) is 93.4 Å². The summed E-state index contributed by atoms with van der Waals surface area (Å²) in [6.45, 7) is 16.6. The van der Waals surface area contributed by atoms with Crippen LogP contribution in [0, 0.1) is 68.5 Å². The fourth-order valence-electron chi connectivity index (χ4n) is 12.4. The molecule has 174 valence electrons. The first-order valence-electron chi connectivity index (χ1n) is 13.6. The predicted octanol–water partition coefficient (Wildman–Crippen LogP) is 6.63. The normalized spacial score (nSPS) is 56.8. The minimum Gasteiger partial charge on any atom is -0.300 e. The highest BCUT2D eigenvalue weighted by Crippen LogP contribution is 2.98. The number of allylic oxidation sites excluding steroid dienone is 2. The van der Waals surface area contributed by atoms with Gasteiger partial charge >= 0.3 is 0 Å². The zero-order valence-corrected chi connectivity index (χ0v) is 21.3. The van der Waals surface area contributed by atoms with E-state index in [1.807, 2.05) is 0 Å². The van der Waals surface area contributed by atoms with Crippen LogP contribution in [0.2, 0.25) is 0 Å². The summed E-state index contributed by atoms with van der Waals surface area (Å²) < 4.78 is 0. The van der Waals surface area contributed by atoms with Gasteiger partial charge in [0.25, 0.3) is 0 Å². The highest BCUT2D eigenvalue weighted by Gasteiger charge is 2.96. The van der Waals surface area contributed by atoms with Crippen molar-refractivity contribution >= 4 is 11.6 Å². The van der Waals surface area contributed by atoms with E-state index in [4.69, 9.17) is 0 Å². The number of carbonyl (C=O) groups excluding carboxylic acids is 2. The van der Waals surface area contributed by atoms with Crippen molar-refractivity contribution in [1.82, 2.24) is 0 Å². The smallest absolute Gasteiger partial charge is 0.140 e. The van der Waals surface area contributed by atoms with Gasteiger partial charge in [-0.3, -0.25) is 4.79 Å². The second kappa shape index (κ2) is 5.33. The molecule has 2 bridgehead atoms. The monoisotopic (exact) mass is 434 g/mol. The summed E-state index contributed by atoms with van der Waals surface area (Å²) in [6.07, 6.45) is 7.85. The van der Waals surface area contributed by atoms with E-state index in [1.54, 1.807) is 18.1 Å². The van der Waals surface area contributed by atoms with Crippen molar-refractivity contribution in [3.8, 4) is 0 Å². The molecule has 0 saturated heterocycles. The second-order valence-corrected chi connectivity index (χ2v) is 14.9. The Balaban J connectivity index is 1.28. The van der Waals surface area contributed by atoms with Crippen LogP contribution < -0.4 is 0 Å². The van der Waals surface area contributed by atoms with Crippen LogP contribution in [0.3, 0.4) is 0 Å². The van der Waals surface area contributed by atoms with E-state index in [2.05, 4.69) is 41.5 Å². The summed E-state index contributed by atoms with van der Waals surface area (Å²) in [5.41, 5.74) is 4.87. The predicted molar refractivity (Wildman–Crippen MR) is 126 cm³/mol. The molecule has 0 aromatic heterocycles. The first-order chi connectivity index (χ1) is 14.9. The molecule has 0 radical (unpaired) electrons. The summed E-state index contributed by atoms with van der Waals surface area (Å²) in [6, 6.07) is 0. The van der Waals surface area contributed by atoms with Crippen molar-refractivity contribution in [2.24, 2.45) is 68.5 Å². The molecule has 6 saturated carbocycles. The third-order valence-corrected chi connectivity index (χ3v) is 13.6. The SMILES string of the molecule is CC(=O)CCC1C(C2=C(C)C3CC2CC32C(=O)CC3C4(C)CCC5C(C5(C)C)C342)C1(C)C. The minimum absolute atomic E-state index is 0.0321. The Kier molecular flexibility index (Phi) is 3.41. The first-order valence-corrected chi connectivity index (χ1v) is 13.6. The molecular weight excluding hydrogens is 392 g/mol. The van der Waals surface area contributed by atoms with Crippen molar-refractivity contribution in [3.05, 3.63) is 11.1 Å². The number of hydrogen-bond acceptors (Lipinski definition) is 2.